The molecular formula is C7H10F3NO4. The standard InChI is InChI=1S/C7H10F3NO4/c1-4(2-5(12)13)11-6(14)15-3-7(8,9)10/h4H,2-3H2,1H3,(H,11,14)(H,12,13). The number of carbonyl (C=O) groups is 2. The van der Waals surface area contributed by atoms with E-state index in [1.165, 1.54) is 6.92 Å². The predicted octanol–water partition coefficient (Wildman–Crippen LogP) is 1.14. The summed E-state index contributed by atoms with van der Waals surface area (Å²) in [5.41, 5.74) is 0. The number of rotatable bonds is 4. The van der Waals surface area contributed by atoms with Crippen molar-refractivity contribution < 1.29 is 32.6 Å². The number of amides is 1. The van der Waals surface area contributed by atoms with E-state index in [2.05, 4.69) is 4.74 Å². The number of hydrogen-bond acceptors (Lipinski definition) is 3. The van der Waals surface area contributed by atoms with Gasteiger partial charge in [0.15, 0.2) is 6.61 Å². The zero-order chi connectivity index (χ0) is 12.1. The van der Waals surface area contributed by atoms with Gasteiger partial charge < -0.3 is 15.2 Å². The molecule has 0 radical (unpaired) electrons. The van der Waals surface area contributed by atoms with Crippen LogP contribution >= 0.6 is 0 Å². The molecule has 1 amide bonds. The van der Waals surface area contributed by atoms with Gasteiger partial charge in [-0.25, -0.2) is 4.79 Å². The van der Waals surface area contributed by atoms with Gasteiger partial charge in [0.2, 0.25) is 0 Å². The molecule has 2 N–H and O–H groups in total. The van der Waals surface area contributed by atoms with E-state index in [0.717, 1.165) is 0 Å². The Morgan fingerprint density at radius 1 is 1.47 bits per heavy atom. The number of hydrogen-bond donors (Lipinski definition) is 2. The molecule has 0 aromatic heterocycles. The van der Waals surface area contributed by atoms with Gasteiger partial charge in [-0.05, 0) is 6.92 Å². The third kappa shape index (κ3) is 8.85. The average Bonchev–Trinajstić information content (AvgIpc) is 1.97. The Hall–Kier alpha value is -1.47. The van der Waals surface area contributed by atoms with E-state index in [0.29, 0.717) is 0 Å². The van der Waals surface area contributed by atoms with Gasteiger partial charge in [-0.2, -0.15) is 13.2 Å². The van der Waals surface area contributed by atoms with Crippen LogP contribution in [0.15, 0.2) is 0 Å². The van der Waals surface area contributed by atoms with E-state index < -0.39 is 30.9 Å². The highest BCUT2D eigenvalue weighted by Crippen LogP contribution is 2.14. The van der Waals surface area contributed by atoms with Crippen molar-refractivity contribution in [1.82, 2.24) is 5.32 Å². The van der Waals surface area contributed by atoms with Crippen LogP contribution in [0.2, 0.25) is 0 Å². The van der Waals surface area contributed by atoms with Gasteiger partial charge in [0.1, 0.15) is 0 Å². The Morgan fingerprint density at radius 3 is 2.40 bits per heavy atom. The molecular weight excluding hydrogens is 219 g/mol. The highest BCUT2D eigenvalue weighted by Gasteiger charge is 2.29. The minimum absolute atomic E-state index is 0.388. The van der Waals surface area contributed by atoms with Crippen LogP contribution in [0, 0.1) is 0 Å². The lowest BCUT2D eigenvalue weighted by Gasteiger charge is -2.12. The maximum atomic E-state index is 11.6. The molecule has 0 aromatic rings. The maximum Gasteiger partial charge on any atom is 0.422 e. The first-order valence-corrected chi connectivity index (χ1v) is 3.92. The molecule has 8 heteroatoms. The SMILES string of the molecule is CC(CC(=O)O)NC(=O)OCC(F)(F)F. The normalized spacial score (nSPS) is 13.1. The van der Waals surface area contributed by atoms with Crippen LogP contribution in [-0.4, -0.2) is 36.0 Å². The number of aliphatic carboxylic acids is 1. The van der Waals surface area contributed by atoms with Gasteiger partial charge in [0, 0.05) is 6.04 Å². The van der Waals surface area contributed by atoms with Gasteiger partial charge in [-0.15, -0.1) is 0 Å². The summed E-state index contributed by atoms with van der Waals surface area (Å²) in [6.07, 6.45) is -6.27. The summed E-state index contributed by atoms with van der Waals surface area (Å²) in [6, 6.07) is -0.789. The first-order valence-electron chi connectivity index (χ1n) is 3.92. The Bertz CT molecular complexity index is 241. The summed E-state index contributed by atoms with van der Waals surface area (Å²) in [5.74, 6) is -1.17. The number of carboxylic acids is 1. The van der Waals surface area contributed by atoms with Crippen molar-refractivity contribution in [2.75, 3.05) is 6.61 Å². The Kier molecular flexibility index (Phi) is 4.89. The van der Waals surface area contributed by atoms with Crippen LogP contribution in [0.5, 0.6) is 0 Å². The summed E-state index contributed by atoms with van der Waals surface area (Å²) in [5, 5.41) is 10.2. The Balaban J connectivity index is 3.79. The molecule has 0 heterocycles. The predicted molar refractivity (Wildman–Crippen MR) is 42.3 cm³/mol. The number of alkyl carbamates (subject to hydrolysis) is 1. The number of ether oxygens (including phenoxy) is 1. The molecule has 15 heavy (non-hydrogen) atoms. The van der Waals surface area contributed by atoms with Crippen LogP contribution in [0.25, 0.3) is 0 Å². The van der Waals surface area contributed by atoms with Gasteiger partial charge in [-0.3, -0.25) is 4.79 Å². The molecule has 0 saturated carbocycles. The monoisotopic (exact) mass is 229 g/mol. The lowest BCUT2D eigenvalue weighted by atomic mass is 10.2. The molecule has 0 aliphatic rings. The van der Waals surface area contributed by atoms with Gasteiger partial charge in [-0.1, -0.05) is 0 Å². The molecule has 0 bridgehead atoms. The second-order valence-corrected chi connectivity index (χ2v) is 2.83. The molecule has 0 aliphatic carbocycles. The van der Waals surface area contributed by atoms with Crippen molar-refractivity contribution in [3.8, 4) is 0 Å². The second-order valence-electron chi connectivity index (χ2n) is 2.83. The molecule has 1 unspecified atom stereocenters. The van der Waals surface area contributed by atoms with Crippen molar-refractivity contribution in [2.24, 2.45) is 0 Å². The van der Waals surface area contributed by atoms with Crippen molar-refractivity contribution in [1.29, 1.82) is 0 Å². The summed E-state index contributed by atoms with van der Waals surface area (Å²) in [6.45, 7) is -0.360. The summed E-state index contributed by atoms with van der Waals surface area (Å²) >= 11 is 0. The highest BCUT2D eigenvalue weighted by molar-refractivity contribution is 5.71. The van der Waals surface area contributed by atoms with Crippen LogP contribution in [-0.2, 0) is 9.53 Å². The quantitative estimate of drug-likeness (QED) is 0.757. The fourth-order valence-electron chi connectivity index (χ4n) is 0.703. The van der Waals surface area contributed by atoms with E-state index in [1.807, 2.05) is 5.32 Å². The van der Waals surface area contributed by atoms with Crippen LogP contribution in [0.3, 0.4) is 0 Å². The maximum absolute atomic E-state index is 11.6. The molecule has 0 aliphatic heterocycles. The minimum Gasteiger partial charge on any atom is -0.481 e. The zero-order valence-corrected chi connectivity index (χ0v) is 7.80. The van der Waals surface area contributed by atoms with E-state index in [-0.39, 0.29) is 6.42 Å². The Labute approximate surface area is 83.2 Å². The largest absolute Gasteiger partial charge is 0.481 e. The molecule has 0 aromatic carbocycles. The number of nitrogens with one attached hydrogen (secondary N) is 1. The van der Waals surface area contributed by atoms with Crippen LogP contribution in [0.4, 0.5) is 18.0 Å². The highest BCUT2D eigenvalue weighted by atomic mass is 19.4. The molecule has 0 rings (SSSR count). The third-order valence-corrected chi connectivity index (χ3v) is 1.21. The van der Waals surface area contributed by atoms with E-state index in [1.54, 1.807) is 0 Å². The van der Waals surface area contributed by atoms with E-state index in [9.17, 15) is 22.8 Å². The van der Waals surface area contributed by atoms with E-state index >= 15 is 0 Å². The minimum atomic E-state index is -4.59. The van der Waals surface area contributed by atoms with Crippen molar-refractivity contribution in [2.45, 2.75) is 25.6 Å². The molecule has 0 saturated heterocycles. The van der Waals surface area contributed by atoms with E-state index in [4.69, 9.17) is 5.11 Å². The summed E-state index contributed by atoms with van der Waals surface area (Å²) in [4.78, 5) is 20.8. The molecule has 1 atom stereocenters. The Morgan fingerprint density at radius 2 is 2.00 bits per heavy atom. The number of alkyl halides is 3. The van der Waals surface area contributed by atoms with Gasteiger partial charge in [0.25, 0.3) is 0 Å². The van der Waals surface area contributed by atoms with Crippen LogP contribution in [0.1, 0.15) is 13.3 Å². The fraction of sp³-hybridized carbons (Fsp3) is 0.714. The first-order chi connectivity index (χ1) is 6.70. The van der Waals surface area contributed by atoms with Crippen molar-refractivity contribution >= 4 is 12.1 Å². The van der Waals surface area contributed by atoms with Crippen molar-refractivity contribution in [3.63, 3.8) is 0 Å². The first kappa shape index (κ1) is 13.5. The molecule has 0 fully saturated rings. The topological polar surface area (TPSA) is 75.6 Å². The molecule has 88 valence electrons. The fourth-order valence-corrected chi connectivity index (χ4v) is 0.703. The lowest BCUT2D eigenvalue weighted by molar-refractivity contribution is -0.160. The molecule has 0 spiro atoms. The number of carbonyl (C=O) groups excluding carboxylic acids is 1. The number of carboxylic acid groups (broad SMARTS) is 1. The van der Waals surface area contributed by atoms with Gasteiger partial charge in [0.05, 0.1) is 6.42 Å². The third-order valence-electron chi connectivity index (χ3n) is 1.21. The lowest BCUT2D eigenvalue weighted by Crippen LogP contribution is -2.36. The van der Waals surface area contributed by atoms with Gasteiger partial charge >= 0.3 is 18.2 Å². The van der Waals surface area contributed by atoms with Crippen molar-refractivity contribution in [3.05, 3.63) is 0 Å². The summed E-state index contributed by atoms with van der Waals surface area (Å²) in [7, 11) is 0. The second kappa shape index (κ2) is 5.42. The smallest absolute Gasteiger partial charge is 0.422 e. The summed E-state index contributed by atoms with van der Waals surface area (Å²) < 4.78 is 38.5. The molecule has 5 nitrogen and oxygen atoms in total. The zero-order valence-electron chi connectivity index (χ0n) is 7.80. The van der Waals surface area contributed by atoms with Crippen LogP contribution < -0.4 is 5.32 Å². The number of halogens is 3. The average molecular weight is 229 g/mol.